The average molecular weight is 287 g/mol. The van der Waals surface area contributed by atoms with Crippen molar-refractivity contribution in [1.29, 1.82) is 0 Å². The lowest BCUT2D eigenvalue weighted by molar-refractivity contribution is -0.137. The fourth-order valence-corrected chi connectivity index (χ4v) is 2.60. The van der Waals surface area contributed by atoms with E-state index in [0.717, 1.165) is 0 Å². The first-order valence-electron chi connectivity index (χ1n) is 5.78. The number of carboxylic acid groups (broad SMARTS) is 1. The molecular formula is C12H17NO5S. The van der Waals surface area contributed by atoms with Gasteiger partial charge >= 0.3 is 5.97 Å². The van der Waals surface area contributed by atoms with E-state index < -0.39 is 16.0 Å². The molecule has 0 aliphatic rings. The molecule has 0 heterocycles. The van der Waals surface area contributed by atoms with Crippen molar-refractivity contribution in [3.63, 3.8) is 0 Å². The number of carbonyl (C=O) groups is 1. The maximum absolute atomic E-state index is 11.8. The van der Waals surface area contributed by atoms with Gasteiger partial charge in [0.05, 0.1) is 17.9 Å². The van der Waals surface area contributed by atoms with Crippen molar-refractivity contribution in [1.82, 2.24) is 4.72 Å². The molecule has 7 heteroatoms. The summed E-state index contributed by atoms with van der Waals surface area (Å²) in [4.78, 5) is 10.5. The lowest BCUT2D eigenvalue weighted by atomic mass is 10.3. The highest BCUT2D eigenvalue weighted by atomic mass is 32.2. The van der Waals surface area contributed by atoms with Crippen LogP contribution in [0.25, 0.3) is 0 Å². The molecule has 0 aromatic heterocycles. The third kappa shape index (κ3) is 5.27. The number of benzene rings is 1. The molecule has 6 nitrogen and oxygen atoms in total. The first-order chi connectivity index (χ1) is 8.81. The van der Waals surface area contributed by atoms with E-state index in [1.54, 1.807) is 13.8 Å². The van der Waals surface area contributed by atoms with Gasteiger partial charge in [0, 0.05) is 6.04 Å². The SMILES string of the molecule is CC(C)NS(=O)(=O)c1ccc(OCCC(=O)O)cc1. The molecule has 0 saturated carbocycles. The lowest BCUT2D eigenvalue weighted by Gasteiger charge is -2.10. The van der Waals surface area contributed by atoms with Crippen molar-refractivity contribution in [3.8, 4) is 5.75 Å². The fraction of sp³-hybridized carbons (Fsp3) is 0.417. The number of rotatable bonds is 7. The van der Waals surface area contributed by atoms with Crippen LogP contribution in [0.5, 0.6) is 5.75 Å². The Morgan fingerprint density at radius 2 is 1.89 bits per heavy atom. The topological polar surface area (TPSA) is 92.7 Å². The van der Waals surface area contributed by atoms with E-state index in [1.165, 1.54) is 24.3 Å². The van der Waals surface area contributed by atoms with Gasteiger partial charge < -0.3 is 9.84 Å². The molecule has 0 bridgehead atoms. The second-order valence-electron chi connectivity index (χ2n) is 4.24. The minimum atomic E-state index is -3.51. The molecule has 2 N–H and O–H groups in total. The number of ether oxygens (including phenoxy) is 1. The van der Waals surface area contributed by atoms with Gasteiger partial charge in [-0.2, -0.15) is 0 Å². The molecule has 0 fully saturated rings. The van der Waals surface area contributed by atoms with E-state index in [1.807, 2.05) is 0 Å². The van der Waals surface area contributed by atoms with Crippen LogP contribution in [-0.2, 0) is 14.8 Å². The molecule has 19 heavy (non-hydrogen) atoms. The molecule has 1 rings (SSSR count). The van der Waals surface area contributed by atoms with Crippen molar-refractivity contribution < 1.29 is 23.1 Å². The van der Waals surface area contributed by atoms with Crippen LogP contribution in [-0.4, -0.2) is 32.1 Å². The predicted molar refractivity (Wildman–Crippen MR) is 69.6 cm³/mol. The van der Waals surface area contributed by atoms with Gasteiger partial charge in [0.25, 0.3) is 0 Å². The van der Waals surface area contributed by atoms with Gasteiger partial charge in [-0.15, -0.1) is 0 Å². The summed E-state index contributed by atoms with van der Waals surface area (Å²) in [6, 6.07) is 5.64. The summed E-state index contributed by atoms with van der Waals surface area (Å²) < 4.78 is 31.3. The van der Waals surface area contributed by atoms with E-state index in [-0.39, 0.29) is 24.0 Å². The summed E-state index contributed by atoms with van der Waals surface area (Å²) in [7, 11) is -3.51. The van der Waals surface area contributed by atoms with E-state index in [0.29, 0.717) is 5.75 Å². The molecular weight excluding hydrogens is 270 g/mol. The second kappa shape index (κ2) is 6.53. The molecule has 0 saturated heterocycles. The first-order valence-corrected chi connectivity index (χ1v) is 7.26. The molecule has 0 radical (unpaired) electrons. The van der Waals surface area contributed by atoms with Crippen molar-refractivity contribution >= 4 is 16.0 Å². The zero-order valence-corrected chi connectivity index (χ0v) is 11.6. The lowest BCUT2D eigenvalue weighted by Crippen LogP contribution is -2.30. The average Bonchev–Trinajstić information content (AvgIpc) is 2.27. The Hall–Kier alpha value is -1.60. The Morgan fingerprint density at radius 1 is 1.32 bits per heavy atom. The zero-order valence-electron chi connectivity index (χ0n) is 10.8. The van der Waals surface area contributed by atoms with Crippen LogP contribution in [0.4, 0.5) is 0 Å². The summed E-state index contributed by atoms with van der Waals surface area (Å²) >= 11 is 0. The minimum Gasteiger partial charge on any atom is -0.493 e. The van der Waals surface area contributed by atoms with Gasteiger partial charge in [0.15, 0.2) is 0 Å². The maximum atomic E-state index is 11.8. The van der Waals surface area contributed by atoms with Gasteiger partial charge in [0.1, 0.15) is 5.75 Å². The number of aliphatic carboxylic acids is 1. The molecule has 0 amide bonds. The Kier molecular flexibility index (Phi) is 5.31. The molecule has 0 atom stereocenters. The Bertz CT molecular complexity index is 522. The van der Waals surface area contributed by atoms with Crippen LogP contribution in [0.3, 0.4) is 0 Å². The van der Waals surface area contributed by atoms with Gasteiger partial charge in [-0.3, -0.25) is 4.79 Å². The van der Waals surface area contributed by atoms with Crippen LogP contribution < -0.4 is 9.46 Å². The Morgan fingerprint density at radius 3 is 2.37 bits per heavy atom. The summed E-state index contributed by atoms with van der Waals surface area (Å²) in [6.45, 7) is 3.52. The molecule has 0 unspecified atom stereocenters. The summed E-state index contributed by atoms with van der Waals surface area (Å²) in [6.07, 6.45) is -0.102. The largest absolute Gasteiger partial charge is 0.493 e. The van der Waals surface area contributed by atoms with Gasteiger partial charge in [-0.25, -0.2) is 13.1 Å². The maximum Gasteiger partial charge on any atom is 0.306 e. The van der Waals surface area contributed by atoms with Crippen LogP contribution in [0.2, 0.25) is 0 Å². The Labute approximate surface area is 112 Å². The quantitative estimate of drug-likeness (QED) is 0.786. The zero-order chi connectivity index (χ0) is 14.5. The van der Waals surface area contributed by atoms with E-state index in [2.05, 4.69) is 4.72 Å². The normalized spacial score (nSPS) is 11.5. The predicted octanol–water partition coefficient (Wildman–Crippen LogP) is 1.23. The van der Waals surface area contributed by atoms with E-state index in [9.17, 15) is 13.2 Å². The molecule has 0 aliphatic carbocycles. The molecule has 1 aromatic rings. The van der Waals surface area contributed by atoms with Crippen molar-refractivity contribution in [3.05, 3.63) is 24.3 Å². The number of hydrogen-bond acceptors (Lipinski definition) is 4. The number of hydrogen-bond donors (Lipinski definition) is 2. The van der Waals surface area contributed by atoms with E-state index >= 15 is 0 Å². The number of nitrogens with one attached hydrogen (secondary N) is 1. The standard InChI is InChI=1S/C12H17NO5S/c1-9(2)13-19(16,17)11-5-3-10(4-6-11)18-8-7-12(14)15/h3-6,9,13H,7-8H2,1-2H3,(H,14,15). The third-order valence-corrected chi connectivity index (χ3v) is 3.78. The number of sulfonamides is 1. The Balaban J connectivity index is 2.68. The molecule has 0 spiro atoms. The van der Waals surface area contributed by atoms with Crippen molar-refractivity contribution in [2.75, 3.05) is 6.61 Å². The van der Waals surface area contributed by atoms with Gasteiger partial charge in [-0.05, 0) is 38.1 Å². The summed E-state index contributed by atoms with van der Waals surface area (Å²) in [5.74, 6) is -0.509. The van der Waals surface area contributed by atoms with E-state index in [4.69, 9.17) is 9.84 Å². The molecule has 106 valence electrons. The fourth-order valence-electron chi connectivity index (χ4n) is 1.35. The highest BCUT2D eigenvalue weighted by molar-refractivity contribution is 7.89. The van der Waals surface area contributed by atoms with Gasteiger partial charge in [0.2, 0.25) is 10.0 Å². The second-order valence-corrected chi connectivity index (χ2v) is 5.95. The monoisotopic (exact) mass is 287 g/mol. The van der Waals surface area contributed by atoms with Crippen molar-refractivity contribution in [2.24, 2.45) is 0 Å². The smallest absolute Gasteiger partial charge is 0.306 e. The van der Waals surface area contributed by atoms with Crippen LogP contribution in [0.15, 0.2) is 29.2 Å². The van der Waals surface area contributed by atoms with Crippen LogP contribution >= 0.6 is 0 Å². The van der Waals surface area contributed by atoms with Gasteiger partial charge in [-0.1, -0.05) is 0 Å². The van der Waals surface area contributed by atoms with Crippen LogP contribution in [0.1, 0.15) is 20.3 Å². The van der Waals surface area contributed by atoms with Crippen molar-refractivity contribution in [2.45, 2.75) is 31.2 Å². The number of carboxylic acids is 1. The summed E-state index contributed by atoms with van der Waals surface area (Å²) in [5, 5.41) is 8.46. The van der Waals surface area contributed by atoms with Crippen LogP contribution in [0, 0.1) is 0 Å². The highest BCUT2D eigenvalue weighted by Gasteiger charge is 2.14. The first kappa shape index (κ1) is 15.5. The summed E-state index contributed by atoms with van der Waals surface area (Å²) in [5.41, 5.74) is 0. The molecule has 1 aromatic carbocycles. The highest BCUT2D eigenvalue weighted by Crippen LogP contribution is 2.16. The third-order valence-electron chi connectivity index (χ3n) is 2.11. The molecule has 0 aliphatic heterocycles. The minimum absolute atomic E-state index is 0.0473.